The van der Waals surface area contributed by atoms with Gasteiger partial charge in [0.25, 0.3) is 0 Å². The molecule has 2 aromatic rings. The normalized spacial score (nSPS) is 10.3. The van der Waals surface area contributed by atoms with Crippen LogP contribution < -0.4 is 5.73 Å². The van der Waals surface area contributed by atoms with E-state index in [1.54, 1.807) is 0 Å². The Morgan fingerprint density at radius 3 is 2.33 bits per heavy atom. The average molecular weight is 255 g/mol. The minimum atomic E-state index is 0.447. The average Bonchev–Trinajstić information content (AvgIpc) is 2.40. The third-order valence-electron chi connectivity index (χ3n) is 3.00. The lowest BCUT2D eigenvalue weighted by atomic mass is 9.98. The Balaban J connectivity index is 2.39. The smallest absolute Gasteiger partial charge is 0.104 e. The lowest BCUT2D eigenvalue weighted by molar-refractivity contribution is 0.922. The van der Waals surface area contributed by atoms with E-state index in [1.807, 2.05) is 18.2 Å². The monoisotopic (exact) mass is 255 g/mol. The van der Waals surface area contributed by atoms with Crippen LogP contribution in [0.1, 0.15) is 24.5 Å². The summed E-state index contributed by atoms with van der Waals surface area (Å²) in [5.41, 5.74) is 10.3. The van der Waals surface area contributed by atoms with E-state index in [4.69, 9.17) is 18.0 Å². The van der Waals surface area contributed by atoms with Crippen LogP contribution in [0.2, 0.25) is 0 Å². The molecule has 2 heteroatoms. The molecule has 0 atom stereocenters. The van der Waals surface area contributed by atoms with Crippen molar-refractivity contribution in [1.82, 2.24) is 0 Å². The van der Waals surface area contributed by atoms with E-state index in [1.165, 1.54) is 17.5 Å². The van der Waals surface area contributed by atoms with E-state index in [0.717, 1.165) is 17.5 Å². The molecule has 18 heavy (non-hydrogen) atoms. The van der Waals surface area contributed by atoms with Crippen LogP contribution in [0.3, 0.4) is 0 Å². The number of hydrogen-bond donors (Lipinski definition) is 1. The van der Waals surface area contributed by atoms with Gasteiger partial charge in [-0.3, -0.25) is 0 Å². The minimum absolute atomic E-state index is 0.447. The standard InChI is InChI=1S/C16H17NS/c1-2-5-12-8-10-13(11-9-12)14-6-3-4-7-15(14)16(17)18/h3-4,6-11H,2,5H2,1H3,(H2,17,18). The SMILES string of the molecule is CCCc1ccc(-c2ccccc2C(N)=S)cc1. The maximum atomic E-state index is 5.76. The fourth-order valence-electron chi connectivity index (χ4n) is 2.09. The van der Waals surface area contributed by atoms with Gasteiger partial charge in [-0.1, -0.05) is 74.1 Å². The van der Waals surface area contributed by atoms with Gasteiger partial charge in [0.1, 0.15) is 4.99 Å². The molecule has 2 aromatic carbocycles. The summed E-state index contributed by atoms with van der Waals surface area (Å²) < 4.78 is 0. The molecule has 0 bridgehead atoms. The molecule has 0 aliphatic heterocycles. The number of rotatable bonds is 4. The van der Waals surface area contributed by atoms with Gasteiger partial charge in [0, 0.05) is 5.56 Å². The maximum absolute atomic E-state index is 5.76. The molecule has 0 fully saturated rings. The van der Waals surface area contributed by atoms with E-state index in [9.17, 15) is 0 Å². The molecule has 0 aromatic heterocycles. The van der Waals surface area contributed by atoms with Crippen molar-refractivity contribution in [2.75, 3.05) is 0 Å². The fraction of sp³-hybridized carbons (Fsp3) is 0.188. The molecular formula is C16H17NS. The molecule has 2 rings (SSSR count). The molecule has 0 radical (unpaired) electrons. The van der Waals surface area contributed by atoms with Gasteiger partial charge in [-0.2, -0.15) is 0 Å². The second kappa shape index (κ2) is 5.78. The third kappa shape index (κ3) is 2.77. The van der Waals surface area contributed by atoms with Crippen molar-refractivity contribution in [3.8, 4) is 11.1 Å². The topological polar surface area (TPSA) is 26.0 Å². The van der Waals surface area contributed by atoms with Crippen molar-refractivity contribution >= 4 is 17.2 Å². The predicted octanol–water partition coefficient (Wildman–Crippen LogP) is 3.94. The van der Waals surface area contributed by atoms with Crippen LogP contribution in [-0.4, -0.2) is 4.99 Å². The van der Waals surface area contributed by atoms with Gasteiger partial charge in [-0.05, 0) is 23.1 Å². The molecule has 2 N–H and O–H groups in total. The lowest BCUT2D eigenvalue weighted by Crippen LogP contribution is -2.10. The maximum Gasteiger partial charge on any atom is 0.104 e. The van der Waals surface area contributed by atoms with Crippen molar-refractivity contribution in [3.63, 3.8) is 0 Å². The zero-order valence-corrected chi connectivity index (χ0v) is 11.3. The van der Waals surface area contributed by atoms with Crippen LogP contribution in [0.5, 0.6) is 0 Å². The van der Waals surface area contributed by atoms with E-state index in [-0.39, 0.29) is 0 Å². The van der Waals surface area contributed by atoms with Crippen molar-refractivity contribution in [1.29, 1.82) is 0 Å². The highest BCUT2D eigenvalue weighted by molar-refractivity contribution is 7.80. The van der Waals surface area contributed by atoms with Crippen molar-refractivity contribution in [2.24, 2.45) is 5.73 Å². The van der Waals surface area contributed by atoms with Crippen molar-refractivity contribution in [3.05, 3.63) is 59.7 Å². The van der Waals surface area contributed by atoms with Gasteiger partial charge < -0.3 is 5.73 Å². The summed E-state index contributed by atoms with van der Waals surface area (Å²) in [6.45, 7) is 2.19. The number of nitrogens with two attached hydrogens (primary N) is 1. The Labute approximate surface area is 114 Å². The summed E-state index contributed by atoms with van der Waals surface area (Å²) in [4.78, 5) is 0.447. The van der Waals surface area contributed by atoms with Crippen LogP contribution in [0, 0.1) is 0 Å². The Hall–Kier alpha value is -1.67. The van der Waals surface area contributed by atoms with Gasteiger partial charge in [-0.25, -0.2) is 0 Å². The Kier molecular flexibility index (Phi) is 4.11. The molecule has 0 aliphatic rings. The Morgan fingerprint density at radius 1 is 1.06 bits per heavy atom. The highest BCUT2D eigenvalue weighted by Crippen LogP contribution is 2.24. The first-order valence-electron chi connectivity index (χ1n) is 6.20. The number of thiocarbonyl (C=S) groups is 1. The molecule has 0 aliphatic carbocycles. The first-order valence-corrected chi connectivity index (χ1v) is 6.61. The van der Waals surface area contributed by atoms with Crippen LogP contribution >= 0.6 is 12.2 Å². The number of hydrogen-bond acceptors (Lipinski definition) is 1. The van der Waals surface area contributed by atoms with Crippen molar-refractivity contribution in [2.45, 2.75) is 19.8 Å². The fourth-order valence-corrected chi connectivity index (χ4v) is 2.27. The zero-order chi connectivity index (χ0) is 13.0. The van der Waals surface area contributed by atoms with Crippen LogP contribution in [0.25, 0.3) is 11.1 Å². The summed E-state index contributed by atoms with van der Waals surface area (Å²) in [5.74, 6) is 0. The summed E-state index contributed by atoms with van der Waals surface area (Å²) in [6.07, 6.45) is 2.29. The van der Waals surface area contributed by atoms with E-state index in [2.05, 4.69) is 37.3 Å². The minimum Gasteiger partial charge on any atom is -0.389 e. The molecule has 0 saturated heterocycles. The summed E-state index contributed by atoms with van der Waals surface area (Å²) in [7, 11) is 0. The largest absolute Gasteiger partial charge is 0.389 e. The van der Waals surface area contributed by atoms with Gasteiger partial charge >= 0.3 is 0 Å². The van der Waals surface area contributed by atoms with Crippen LogP contribution in [0.15, 0.2) is 48.5 Å². The highest BCUT2D eigenvalue weighted by Gasteiger charge is 2.06. The van der Waals surface area contributed by atoms with E-state index in [0.29, 0.717) is 4.99 Å². The van der Waals surface area contributed by atoms with Gasteiger partial charge in [0.2, 0.25) is 0 Å². The summed E-state index contributed by atoms with van der Waals surface area (Å²) >= 11 is 5.09. The number of benzene rings is 2. The van der Waals surface area contributed by atoms with E-state index < -0.39 is 0 Å². The van der Waals surface area contributed by atoms with Crippen LogP contribution in [-0.2, 0) is 6.42 Å². The lowest BCUT2D eigenvalue weighted by Gasteiger charge is -2.09. The predicted molar refractivity (Wildman–Crippen MR) is 81.8 cm³/mol. The molecule has 0 spiro atoms. The molecule has 0 unspecified atom stereocenters. The molecular weight excluding hydrogens is 238 g/mol. The summed E-state index contributed by atoms with van der Waals surface area (Å²) in [5, 5.41) is 0. The molecule has 0 amide bonds. The first-order chi connectivity index (χ1) is 8.72. The van der Waals surface area contributed by atoms with Crippen LogP contribution in [0.4, 0.5) is 0 Å². The second-order valence-electron chi connectivity index (χ2n) is 4.36. The highest BCUT2D eigenvalue weighted by atomic mass is 32.1. The van der Waals surface area contributed by atoms with Gasteiger partial charge in [0.05, 0.1) is 0 Å². The molecule has 0 saturated carbocycles. The molecule has 0 heterocycles. The summed E-state index contributed by atoms with van der Waals surface area (Å²) in [6, 6.07) is 16.6. The second-order valence-corrected chi connectivity index (χ2v) is 4.80. The third-order valence-corrected chi connectivity index (χ3v) is 3.22. The molecule has 1 nitrogen and oxygen atoms in total. The van der Waals surface area contributed by atoms with Gasteiger partial charge in [-0.15, -0.1) is 0 Å². The quantitative estimate of drug-likeness (QED) is 0.837. The van der Waals surface area contributed by atoms with E-state index >= 15 is 0 Å². The van der Waals surface area contributed by atoms with Crippen molar-refractivity contribution < 1.29 is 0 Å². The number of aryl methyl sites for hydroxylation is 1. The van der Waals surface area contributed by atoms with Gasteiger partial charge in [0.15, 0.2) is 0 Å². The zero-order valence-electron chi connectivity index (χ0n) is 10.5. The Bertz CT molecular complexity index is 543. The Morgan fingerprint density at radius 2 is 1.72 bits per heavy atom. The molecule has 92 valence electrons. The first kappa shape index (κ1) is 12.8.